The van der Waals surface area contributed by atoms with E-state index in [-0.39, 0.29) is 23.6 Å². The lowest BCUT2D eigenvalue weighted by Gasteiger charge is -2.15. The van der Waals surface area contributed by atoms with Crippen LogP contribution in [0.4, 0.5) is 0 Å². The molecule has 0 amide bonds. The molecule has 0 radical (unpaired) electrons. The summed E-state index contributed by atoms with van der Waals surface area (Å²) in [5.41, 5.74) is 9.17. The fraction of sp³-hybridized carbons (Fsp3) is 0.250. The van der Waals surface area contributed by atoms with Gasteiger partial charge in [0.1, 0.15) is 11.6 Å². The Morgan fingerprint density at radius 1 is 0.550 bits per heavy atom. The summed E-state index contributed by atoms with van der Waals surface area (Å²) in [4.78, 5) is 22.8. The summed E-state index contributed by atoms with van der Waals surface area (Å²) < 4.78 is 5.09. The third kappa shape index (κ3) is 18.6. The van der Waals surface area contributed by atoms with E-state index in [0.29, 0.717) is 11.2 Å². The number of carbonyl (C=O) groups excluding carboxylic acids is 2. The third-order valence-electron chi connectivity index (χ3n) is 9.99. The molecule has 312 valence electrons. The molecule has 0 aromatic heterocycles. The monoisotopic (exact) mass is 816 g/mol. The van der Waals surface area contributed by atoms with E-state index in [9.17, 15) is 9.59 Å². The quantitative estimate of drug-likeness (QED) is 0.105. The van der Waals surface area contributed by atoms with E-state index in [1.165, 1.54) is 47.2 Å². The van der Waals surface area contributed by atoms with Crippen molar-refractivity contribution in [3.63, 3.8) is 0 Å². The summed E-state index contributed by atoms with van der Waals surface area (Å²) in [5, 5.41) is 0.602. The summed E-state index contributed by atoms with van der Waals surface area (Å²) >= 11 is 1.86. The number of hydrogen-bond donors (Lipinski definition) is 0. The topological polar surface area (TPSA) is 43.4 Å². The first-order valence-electron chi connectivity index (χ1n) is 20.8. The normalized spacial score (nSPS) is 13.9. The minimum Gasteiger partial charge on any atom is -0.378 e. The number of allylic oxidation sites excluding steroid dienone is 4. The maximum atomic E-state index is 11.4. The highest BCUT2D eigenvalue weighted by molar-refractivity contribution is 7.99. The van der Waals surface area contributed by atoms with Crippen molar-refractivity contribution in [1.29, 1.82) is 0 Å². The molecule has 4 atom stereocenters. The number of Topliss-reactive ketones (excluding diaryl/α,β-unsaturated/α-hetero) is 2. The van der Waals surface area contributed by atoms with Crippen LogP contribution in [-0.2, 0) is 20.7 Å². The Bertz CT molecular complexity index is 2050. The van der Waals surface area contributed by atoms with Crippen LogP contribution in [0.15, 0.2) is 176 Å². The smallest absolute Gasteiger partial charge is 0.140 e. The second kappa shape index (κ2) is 28.0. The van der Waals surface area contributed by atoms with Crippen LogP contribution in [0.25, 0.3) is 29.9 Å². The summed E-state index contributed by atoms with van der Waals surface area (Å²) in [7, 11) is 1.71. The van der Waals surface area contributed by atoms with Gasteiger partial charge >= 0.3 is 0 Å². The van der Waals surface area contributed by atoms with Gasteiger partial charge in [-0.25, -0.2) is 0 Å². The zero-order chi connectivity index (χ0) is 43.5. The van der Waals surface area contributed by atoms with Gasteiger partial charge in [-0.1, -0.05) is 214 Å². The lowest BCUT2D eigenvalue weighted by molar-refractivity contribution is -0.131. The Kier molecular flexibility index (Phi) is 22.8. The number of benzene rings is 5. The first-order valence-corrected chi connectivity index (χ1v) is 22.1. The zero-order valence-electron chi connectivity index (χ0n) is 36.8. The van der Waals surface area contributed by atoms with Gasteiger partial charge in [-0.3, -0.25) is 9.59 Å². The van der Waals surface area contributed by atoms with Crippen LogP contribution in [0.2, 0.25) is 0 Å². The Morgan fingerprint density at radius 3 is 1.38 bits per heavy atom. The molecule has 3 nitrogen and oxygen atoms in total. The lowest BCUT2D eigenvalue weighted by atomic mass is 9.87. The average Bonchev–Trinajstić information content (AvgIpc) is 3.72. The largest absolute Gasteiger partial charge is 0.378 e. The standard InChI is InChI=1S/C19H18.C15H18O2.C11H14O.C11H14S/c1-15(11-12-16-7-3-2-4-8-16)18-14-13-17-9-5-6-10-19(17)18;1-11(15(12(2)16)13(3)17)9-10-14-7-5-4-6-8-14;2*1-10(12-2)8-9-11-6-4-3-5-7-11/h2-12,14-15H,13H2,1H3;4-11,15H,1-3H3;2*3-10H,1-2H3/b12-11+;10-9+;2*9-8+. The summed E-state index contributed by atoms with van der Waals surface area (Å²) in [5.74, 6) is -0.255. The predicted molar refractivity (Wildman–Crippen MR) is 263 cm³/mol. The van der Waals surface area contributed by atoms with Crippen LogP contribution < -0.4 is 0 Å². The number of carbonyl (C=O) groups is 2. The van der Waals surface area contributed by atoms with Gasteiger partial charge in [0, 0.05) is 12.4 Å². The summed E-state index contributed by atoms with van der Waals surface area (Å²) in [6, 6.07) is 49.6. The van der Waals surface area contributed by atoms with Gasteiger partial charge < -0.3 is 4.74 Å². The first kappa shape index (κ1) is 48.8. The number of ketones is 2. The molecule has 1 aliphatic rings. The van der Waals surface area contributed by atoms with E-state index < -0.39 is 5.92 Å². The average molecular weight is 817 g/mol. The van der Waals surface area contributed by atoms with E-state index in [1.54, 1.807) is 7.11 Å². The molecule has 0 saturated carbocycles. The van der Waals surface area contributed by atoms with Crippen molar-refractivity contribution < 1.29 is 14.3 Å². The predicted octanol–water partition coefficient (Wildman–Crippen LogP) is 14.3. The highest BCUT2D eigenvalue weighted by Gasteiger charge is 2.24. The van der Waals surface area contributed by atoms with Crippen LogP contribution in [0.1, 0.15) is 74.9 Å². The van der Waals surface area contributed by atoms with Gasteiger partial charge in [0.25, 0.3) is 0 Å². The zero-order valence-corrected chi connectivity index (χ0v) is 37.6. The third-order valence-corrected chi connectivity index (χ3v) is 10.9. The lowest BCUT2D eigenvalue weighted by Crippen LogP contribution is -2.25. The van der Waals surface area contributed by atoms with Crippen molar-refractivity contribution in [3.05, 3.63) is 209 Å². The highest BCUT2D eigenvalue weighted by atomic mass is 32.2. The number of hydrogen-bond acceptors (Lipinski definition) is 4. The molecule has 6 rings (SSSR count). The maximum absolute atomic E-state index is 11.4. The number of rotatable bonds is 14. The SMILES string of the molecule is CC(/C=C/c1ccccc1)C1=CCc2ccccc21.CC(=O)C(C(C)=O)C(C)/C=C/c1ccccc1.COC(C)/C=C/c1ccccc1.CSC(C)/C=C/c1ccccc1. The molecule has 1 aliphatic carbocycles. The molecule has 4 unspecified atom stereocenters. The molecular formula is C56H64O3S. The second-order valence-electron chi connectivity index (χ2n) is 14.8. The van der Waals surface area contributed by atoms with Gasteiger partial charge in [0.2, 0.25) is 0 Å². The van der Waals surface area contributed by atoms with Gasteiger partial charge in [-0.15, -0.1) is 0 Å². The van der Waals surface area contributed by atoms with Gasteiger partial charge in [-0.05, 0) is 91.2 Å². The van der Waals surface area contributed by atoms with Crippen molar-refractivity contribution in [2.75, 3.05) is 13.4 Å². The highest BCUT2D eigenvalue weighted by Crippen LogP contribution is 2.33. The second-order valence-corrected chi connectivity index (χ2v) is 16.0. The van der Waals surface area contributed by atoms with Crippen molar-refractivity contribution >= 4 is 53.2 Å². The van der Waals surface area contributed by atoms with Gasteiger partial charge in [0.05, 0.1) is 12.0 Å². The molecule has 5 aromatic carbocycles. The van der Waals surface area contributed by atoms with Gasteiger partial charge in [-0.2, -0.15) is 11.8 Å². The fourth-order valence-electron chi connectivity index (χ4n) is 6.41. The molecule has 0 aliphatic heterocycles. The molecule has 0 saturated heterocycles. The minimum absolute atomic E-state index is 0.0646. The molecule has 0 spiro atoms. The number of thioether (sulfide) groups is 1. The fourth-order valence-corrected chi connectivity index (χ4v) is 6.64. The van der Waals surface area contributed by atoms with Crippen LogP contribution in [-0.4, -0.2) is 36.3 Å². The van der Waals surface area contributed by atoms with Crippen LogP contribution in [0.3, 0.4) is 0 Å². The number of ether oxygens (including phenoxy) is 1. The Balaban J connectivity index is 0.000000218. The Hall–Kier alpha value is -5.55. The summed E-state index contributed by atoms with van der Waals surface area (Å²) in [6.07, 6.45) is 22.6. The maximum Gasteiger partial charge on any atom is 0.140 e. The molecule has 5 aromatic rings. The van der Waals surface area contributed by atoms with E-state index in [0.717, 1.165) is 12.0 Å². The number of methoxy groups -OCH3 is 1. The molecule has 4 heteroatoms. The molecule has 0 fully saturated rings. The van der Waals surface area contributed by atoms with E-state index >= 15 is 0 Å². The molecule has 0 N–H and O–H groups in total. The Morgan fingerprint density at radius 2 is 0.950 bits per heavy atom. The number of fused-ring (bicyclic) bond motifs is 1. The first-order chi connectivity index (χ1) is 29.0. The molecular weight excluding hydrogens is 753 g/mol. The molecule has 0 heterocycles. The summed E-state index contributed by atoms with van der Waals surface area (Å²) in [6.45, 7) is 11.3. The molecule has 0 bridgehead atoms. The van der Waals surface area contributed by atoms with Crippen molar-refractivity contribution in [2.24, 2.45) is 17.8 Å². The Labute approximate surface area is 365 Å². The van der Waals surface area contributed by atoms with Crippen LogP contribution >= 0.6 is 11.8 Å². The minimum atomic E-state index is -0.519. The van der Waals surface area contributed by atoms with Crippen LogP contribution in [0, 0.1) is 17.8 Å². The van der Waals surface area contributed by atoms with Gasteiger partial charge in [0.15, 0.2) is 0 Å². The van der Waals surface area contributed by atoms with Crippen LogP contribution in [0.5, 0.6) is 0 Å². The van der Waals surface area contributed by atoms with E-state index in [4.69, 9.17) is 4.74 Å². The molecule has 60 heavy (non-hydrogen) atoms. The van der Waals surface area contributed by atoms with Crippen molar-refractivity contribution in [2.45, 2.75) is 59.3 Å². The van der Waals surface area contributed by atoms with E-state index in [1.807, 2.05) is 98.4 Å². The van der Waals surface area contributed by atoms with Crippen molar-refractivity contribution in [3.8, 4) is 0 Å². The van der Waals surface area contributed by atoms with E-state index in [2.05, 4.69) is 148 Å². The van der Waals surface area contributed by atoms with Crippen molar-refractivity contribution in [1.82, 2.24) is 0 Å².